The van der Waals surface area contributed by atoms with Crippen molar-refractivity contribution in [1.29, 1.82) is 0 Å². The Morgan fingerprint density at radius 3 is 2.75 bits per heavy atom. The van der Waals surface area contributed by atoms with Crippen LogP contribution in [-0.2, 0) is 9.53 Å². The van der Waals surface area contributed by atoms with E-state index in [1.54, 1.807) is 0 Å². The van der Waals surface area contributed by atoms with E-state index in [1.807, 2.05) is 6.92 Å². The molecule has 1 aliphatic carbocycles. The smallest absolute Gasteiger partial charge is 0.307 e. The lowest BCUT2D eigenvalue weighted by atomic mass is 9.83. The summed E-state index contributed by atoms with van der Waals surface area (Å²) in [6, 6.07) is 0.619. The van der Waals surface area contributed by atoms with Gasteiger partial charge in [-0.1, -0.05) is 26.2 Å². The molecular formula is C13H25NO2. The van der Waals surface area contributed by atoms with Crippen molar-refractivity contribution in [3.63, 3.8) is 0 Å². The Morgan fingerprint density at radius 2 is 2.06 bits per heavy atom. The highest BCUT2D eigenvalue weighted by Gasteiger charge is 2.22. The fraction of sp³-hybridized carbons (Fsp3) is 0.923. The lowest BCUT2D eigenvalue weighted by Gasteiger charge is -2.31. The van der Waals surface area contributed by atoms with E-state index in [0.717, 1.165) is 12.5 Å². The summed E-state index contributed by atoms with van der Waals surface area (Å²) >= 11 is 0. The Kier molecular flexibility index (Phi) is 6.46. The minimum absolute atomic E-state index is 0.0844. The zero-order valence-electron chi connectivity index (χ0n) is 10.6. The molecule has 3 nitrogen and oxygen atoms in total. The molecule has 0 amide bonds. The summed E-state index contributed by atoms with van der Waals surface area (Å²) in [7, 11) is 0. The largest absolute Gasteiger partial charge is 0.466 e. The maximum atomic E-state index is 11.2. The number of nitrogens with one attached hydrogen (secondary N) is 1. The van der Waals surface area contributed by atoms with Crippen molar-refractivity contribution < 1.29 is 9.53 Å². The van der Waals surface area contributed by atoms with E-state index in [9.17, 15) is 4.79 Å². The Labute approximate surface area is 98.9 Å². The molecule has 0 saturated heterocycles. The predicted octanol–water partition coefficient (Wildman–Crippen LogP) is 2.50. The summed E-state index contributed by atoms with van der Waals surface area (Å²) < 4.78 is 4.91. The maximum Gasteiger partial charge on any atom is 0.307 e. The van der Waals surface area contributed by atoms with Gasteiger partial charge >= 0.3 is 5.97 Å². The Morgan fingerprint density at radius 1 is 1.31 bits per heavy atom. The van der Waals surface area contributed by atoms with Gasteiger partial charge in [0.15, 0.2) is 0 Å². The Bertz CT molecular complexity index is 206. The summed E-state index contributed by atoms with van der Waals surface area (Å²) in [5, 5.41) is 3.51. The summed E-state index contributed by atoms with van der Waals surface area (Å²) in [4.78, 5) is 11.2. The highest BCUT2D eigenvalue weighted by atomic mass is 16.5. The van der Waals surface area contributed by atoms with Gasteiger partial charge in [-0.15, -0.1) is 0 Å². The van der Waals surface area contributed by atoms with Gasteiger partial charge in [-0.2, -0.15) is 0 Å². The van der Waals surface area contributed by atoms with Gasteiger partial charge in [0.25, 0.3) is 0 Å². The third kappa shape index (κ3) is 4.52. The van der Waals surface area contributed by atoms with Crippen molar-refractivity contribution in [3.05, 3.63) is 0 Å². The molecule has 1 fully saturated rings. The van der Waals surface area contributed by atoms with Gasteiger partial charge in [0.1, 0.15) is 0 Å². The average Bonchev–Trinajstić information content (AvgIpc) is 2.30. The number of hydrogen-bond acceptors (Lipinski definition) is 3. The Hall–Kier alpha value is -0.570. The molecule has 0 heterocycles. The van der Waals surface area contributed by atoms with Gasteiger partial charge in [-0.05, 0) is 25.7 Å². The zero-order chi connectivity index (χ0) is 11.8. The van der Waals surface area contributed by atoms with E-state index in [0.29, 0.717) is 19.1 Å². The van der Waals surface area contributed by atoms with Crippen LogP contribution in [0.1, 0.15) is 52.4 Å². The van der Waals surface area contributed by atoms with Crippen LogP contribution in [0.25, 0.3) is 0 Å². The molecule has 94 valence electrons. The van der Waals surface area contributed by atoms with E-state index in [2.05, 4.69) is 12.2 Å². The first-order valence-corrected chi connectivity index (χ1v) is 6.66. The fourth-order valence-electron chi connectivity index (χ4n) is 2.56. The van der Waals surface area contributed by atoms with Gasteiger partial charge in [0.05, 0.1) is 13.0 Å². The minimum atomic E-state index is -0.0844. The number of rotatable bonds is 6. The van der Waals surface area contributed by atoms with Gasteiger partial charge in [-0.25, -0.2) is 0 Å². The second-order valence-corrected chi connectivity index (χ2v) is 4.57. The molecule has 16 heavy (non-hydrogen) atoms. The number of carbonyl (C=O) groups excluding carboxylic acids is 1. The first kappa shape index (κ1) is 13.5. The lowest BCUT2D eigenvalue weighted by molar-refractivity contribution is -0.143. The van der Waals surface area contributed by atoms with Crippen LogP contribution >= 0.6 is 0 Å². The molecule has 2 atom stereocenters. The van der Waals surface area contributed by atoms with Crippen molar-refractivity contribution in [2.24, 2.45) is 5.92 Å². The molecule has 0 aromatic heterocycles. The van der Waals surface area contributed by atoms with Crippen LogP contribution in [-0.4, -0.2) is 25.2 Å². The fourth-order valence-corrected chi connectivity index (χ4v) is 2.56. The monoisotopic (exact) mass is 227 g/mol. The summed E-state index contributed by atoms with van der Waals surface area (Å²) in [6.45, 7) is 5.36. The second-order valence-electron chi connectivity index (χ2n) is 4.57. The topological polar surface area (TPSA) is 38.3 Å². The van der Waals surface area contributed by atoms with E-state index in [1.165, 1.54) is 32.1 Å². The van der Waals surface area contributed by atoms with Crippen molar-refractivity contribution in [1.82, 2.24) is 5.32 Å². The standard InChI is InChI=1S/C13H25NO2/c1-3-11-7-5-6-8-12(11)14-10-9-13(15)16-4-2/h11-12,14H,3-10H2,1-2H3. The third-order valence-corrected chi connectivity index (χ3v) is 3.47. The number of ether oxygens (including phenoxy) is 1. The summed E-state index contributed by atoms with van der Waals surface area (Å²) in [5.41, 5.74) is 0. The van der Waals surface area contributed by atoms with Gasteiger partial charge in [0.2, 0.25) is 0 Å². The van der Waals surface area contributed by atoms with E-state index < -0.39 is 0 Å². The summed E-state index contributed by atoms with van der Waals surface area (Å²) in [6.07, 6.45) is 7.05. The van der Waals surface area contributed by atoms with Gasteiger partial charge in [0, 0.05) is 12.6 Å². The van der Waals surface area contributed by atoms with Crippen molar-refractivity contribution in [2.45, 2.75) is 58.4 Å². The molecule has 0 radical (unpaired) electrons. The van der Waals surface area contributed by atoms with Crippen LogP contribution in [0.15, 0.2) is 0 Å². The van der Waals surface area contributed by atoms with Crippen LogP contribution in [0.3, 0.4) is 0 Å². The summed E-state index contributed by atoms with van der Waals surface area (Å²) in [5.74, 6) is 0.717. The second kappa shape index (κ2) is 7.66. The number of carbonyl (C=O) groups is 1. The molecule has 2 unspecified atom stereocenters. The van der Waals surface area contributed by atoms with Crippen LogP contribution < -0.4 is 5.32 Å². The number of esters is 1. The third-order valence-electron chi connectivity index (χ3n) is 3.47. The average molecular weight is 227 g/mol. The molecule has 1 aliphatic rings. The van der Waals surface area contributed by atoms with E-state index in [-0.39, 0.29) is 5.97 Å². The van der Waals surface area contributed by atoms with Gasteiger partial charge < -0.3 is 10.1 Å². The first-order valence-electron chi connectivity index (χ1n) is 6.66. The molecule has 0 spiro atoms. The zero-order valence-corrected chi connectivity index (χ0v) is 10.6. The Balaban J connectivity index is 2.17. The maximum absolute atomic E-state index is 11.2. The molecule has 1 saturated carbocycles. The molecule has 1 rings (SSSR count). The van der Waals surface area contributed by atoms with Crippen molar-refractivity contribution >= 4 is 5.97 Å². The quantitative estimate of drug-likeness (QED) is 0.709. The van der Waals surface area contributed by atoms with E-state index in [4.69, 9.17) is 4.74 Å². The molecule has 3 heteroatoms. The molecule has 0 aromatic carbocycles. The van der Waals surface area contributed by atoms with Gasteiger partial charge in [-0.3, -0.25) is 4.79 Å². The minimum Gasteiger partial charge on any atom is -0.466 e. The van der Waals surface area contributed by atoms with Crippen LogP contribution in [0.2, 0.25) is 0 Å². The van der Waals surface area contributed by atoms with Crippen molar-refractivity contribution in [2.75, 3.05) is 13.2 Å². The molecular weight excluding hydrogens is 202 g/mol. The lowest BCUT2D eigenvalue weighted by Crippen LogP contribution is -2.39. The molecule has 0 bridgehead atoms. The van der Waals surface area contributed by atoms with E-state index >= 15 is 0 Å². The predicted molar refractivity (Wildman–Crippen MR) is 65.3 cm³/mol. The van der Waals surface area contributed by atoms with Crippen LogP contribution in [0.4, 0.5) is 0 Å². The molecule has 0 aromatic rings. The first-order chi connectivity index (χ1) is 7.77. The van der Waals surface area contributed by atoms with Crippen LogP contribution in [0, 0.1) is 5.92 Å². The normalized spacial score (nSPS) is 25.4. The van der Waals surface area contributed by atoms with Crippen LogP contribution in [0.5, 0.6) is 0 Å². The highest BCUT2D eigenvalue weighted by Crippen LogP contribution is 2.26. The van der Waals surface area contributed by atoms with Crippen molar-refractivity contribution in [3.8, 4) is 0 Å². The molecule has 0 aliphatic heterocycles. The highest BCUT2D eigenvalue weighted by molar-refractivity contribution is 5.69. The molecule has 1 N–H and O–H groups in total. The SMILES string of the molecule is CCOC(=O)CCNC1CCCCC1CC. The number of hydrogen-bond donors (Lipinski definition) is 1.